The number of ether oxygens (including phenoxy) is 1. The molecule has 106 valence electrons. The quantitative estimate of drug-likeness (QED) is 0.847. The summed E-state index contributed by atoms with van der Waals surface area (Å²) in [4.78, 5) is 12.3. The number of benzene rings is 2. The summed E-state index contributed by atoms with van der Waals surface area (Å²) in [6.45, 7) is 1.84. The molecule has 0 aromatic heterocycles. The third kappa shape index (κ3) is 2.95. The second kappa shape index (κ2) is 5.97. The molecule has 21 heavy (non-hydrogen) atoms. The van der Waals surface area contributed by atoms with Gasteiger partial charge in [0.05, 0.1) is 30.0 Å². The Morgan fingerprint density at radius 1 is 1.33 bits per heavy atom. The first-order valence-corrected chi connectivity index (χ1v) is 6.31. The number of carbonyl (C=O) groups excluding carboxylic acids is 1. The molecule has 2 aromatic carbocycles. The molecular formula is C16H15N3O2. The highest BCUT2D eigenvalue weighted by Crippen LogP contribution is 2.26. The molecular weight excluding hydrogens is 266 g/mol. The van der Waals surface area contributed by atoms with Gasteiger partial charge in [-0.1, -0.05) is 12.1 Å². The van der Waals surface area contributed by atoms with Crippen LogP contribution in [0, 0.1) is 18.3 Å². The fourth-order valence-corrected chi connectivity index (χ4v) is 1.93. The Kier molecular flexibility index (Phi) is 4.10. The van der Waals surface area contributed by atoms with Gasteiger partial charge in [-0.3, -0.25) is 4.79 Å². The highest BCUT2D eigenvalue weighted by Gasteiger charge is 2.13. The topological polar surface area (TPSA) is 88.1 Å². The number of aryl methyl sites for hydroxylation is 1. The number of anilines is 2. The minimum Gasteiger partial charge on any atom is -0.495 e. The van der Waals surface area contributed by atoms with Gasteiger partial charge in [-0.15, -0.1) is 0 Å². The average Bonchev–Trinajstić information content (AvgIpc) is 2.50. The summed E-state index contributed by atoms with van der Waals surface area (Å²) in [5, 5.41) is 11.6. The van der Waals surface area contributed by atoms with E-state index < -0.39 is 0 Å². The van der Waals surface area contributed by atoms with Crippen molar-refractivity contribution in [3.8, 4) is 11.8 Å². The smallest absolute Gasteiger partial charge is 0.257 e. The van der Waals surface area contributed by atoms with E-state index in [-0.39, 0.29) is 5.91 Å². The first kappa shape index (κ1) is 14.4. The van der Waals surface area contributed by atoms with Crippen molar-refractivity contribution in [2.45, 2.75) is 6.92 Å². The Morgan fingerprint density at radius 3 is 2.76 bits per heavy atom. The van der Waals surface area contributed by atoms with Gasteiger partial charge in [0, 0.05) is 11.8 Å². The molecule has 0 heterocycles. The van der Waals surface area contributed by atoms with E-state index in [1.54, 1.807) is 30.3 Å². The predicted molar refractivity (Wildman–Crippen MR) is 81.3 cm³/mol. The van der Waals surface area contributed by atoms with Crippen LogP contribution in [0.5, 0.6) is 5.75 Å². The van der Waals surface area contributed by atoms with Gasteiger partial charge in [-0.25, -0.2) is 0 Å². The molecule has 0 aliphatic rings. The molecule has 0 bridgehead atoms. The molecule has 0 aliphatic heterocycles. The van der Waals surface area contributed by atoms with E-state index >= 15 is 0 Å². The van der Waals surface area contributed by atoms with Crippen molar-refractivity contribution in [2.75, 3.05) is 18.2 Å². The number of nitrogens with two attached hydrogens (primary N) is 1. The van der Waals surface area contributed by atoms with Gasteiger partial charge in [-0.2, -0.15) is 5.26 Å². The van der Waals surface area contributed by atoms with Crippen LogP contribution in [0.25, 0.3) is 0 Å². The molecule has 2 rings (SSSR count). The van der Waals surface area contributed by atoms with E-state index in [1.807, 2.05) is 19.1 Å². The number of amides is 1. The van der Waals surface area contributed by atoms with Gasteiger partial charge in [-0.05, 0) is 30.7 Å². The zero-order chi connectivity index (χ0) is 15.4. The van der Waals surface area contributed by atoms with Crippen LogP contribution in [-0.2, 0) is 0 Å². The molecule has 0 spiro atoms. The second-order valence-electron chi connectivity index (χ2n) is 4.52. The zero-order valence-electron chi connectivity index (χ0n) is 11.8. The van der Waals surface area contributed by atoms with E-state index in [2.05, 4.69) is 5.32 Å². The van der Waals surface area contributed by atoms with Crippen molar-refractivity contribution in [1.82, 2.24) is 0 Å². The largest absolute Gasteiger partial charge is 0.495 e. The molecule has 0 radical (unpaired) electrons. The molecule has 0 unspecified atom stereocenters. The van der Waals surface area contributed by atoms with Crippen molar-refractivity contribution in [3.63, 3.8) is 0 Å². The van der Waals surface area contributed by atoms with Crippen LogP contribution in [0.3, 0.4) is 0 Å². The second-order valence-corrected chi connectivity index (χ2v) is 4.52. The number of methoxy groups -OCH3 is 1. The van der Waals surface area contributed by atoms with E-state index in [1.165, 1.54) is 7.11 Å². The Bertz CT molecular complexity index is 733. The van der Waals surface area contributed by atoms with E-state index in [0.717, 1.165) is 5.56 Å². The number of hydrogen-bond donors (Lipinski definition) is 2. The Balaban J connectivity index is 2.32. The van der Waals surface area contributed by atoms with Crippen molar-refractivity contribution < 1.29 is 9.53 Å². The number of para-hydroxylation sites is 1. The number of nitrogens with zero attached hydrogens (tertiary/aromatic N) is 1. The van der Waals surface area contributed by atoms with Crippen LogP contribution in [-0.4, -0.2) is 13.0 Å². The number of rotatable bonds is 3. The summed E-state index contributed by atoms with van der Waals surface area (Å²) in [7, 11) is 1.48. The van der Waals surface area contributed by atoms with E-state index in [4.69, 9.17) is 15.7 Å². The zero-order valence-corrected chi connectivity index (χ0v) is 11.8. The molecule has 0 saturated heterocycles. The standard InChI is InChI=1S/C16H15N3O2/c1-10-4-3-5-12(15(10)18)16(20)19-13-7-6-11(9-17)8-14(13)21-2/h3-8H,18H2,1-2H3,(H,19,20). The molecule has 5 heteroatoms. The highest BCUT2D eigenvalue weighted by atomic mass is 16.5. The molecule has 2 aromatic rings. The maximum Gasteiger partial charge on any atom is 0.257 e. The van der Waals surface area contributed by atoms with Crippen molar-refractivity contribution in [3.05, 3.63) is 53.1 Å². The van der Waals surface area contributed by atoms with Crippen LogP contribution < -0.4 is 15.8 Å². The summed E-state index contributed by atoms with van der Waals surface area (Å²) in [5.41, 5.74) is 8.56. The number of nitrogens with one attached hydrogen (secondary N) is 1. The van der Waals surface area contributed by atoms with E-state index in [0.29, 0.717) is 28.3 Å². The lowest BCUT2D eigenvalue weighted by Crippen LogP contribution is -2.15. The molecule has 0 aliphatic carbocycles. The summed E-state index contributed by atoms with van der Waals surface area (Å²) >= 11 is 0. The van der Waals surface area contributed by atoms with E-state index in [9.17, 15) is 4.79 Å². The van der Waals surface area contributed by atoms with Gasteiger partial charge in [0.2, 0.25) is 0 Å². The maximum absolute atomic E-state index is 12.3. The fraction of sp³-hybridized carbons (Fsp3) is 0.125. The predicted octanol–water partition coefficient (Wildman–Crippen LogP) is 2.71. The van der Waals surface area contributed by atoms with Crippen molar-refractivity contribution in [2.24, 2.45) is 0 Å². The van der Waals surface area contributed by atoms with Gasteiger partial charge >= 0.3 is 0 Å². The molecule has 0 saturated carbocycles. The van der Waals surface area contributed by atoms with Crippen LogP contribution in [0.15, 0.2) is 36.4 Å². The third-order valence-corrected chi connectivity index (χ3v) is 3.15. The normalized spacial score (nSPS) is 9.76. The number of nitrogen functional groups attached to an aromatic ring is 1. The Hall–Kier alpha value is -3.00. The van der Waals surface area contributed by atoms with Crippen LogP contribution in [0.1, 0.15) is 21.5 Å². The van der Waals surface area contributed by atoms with Crippen LogP contribution in [0.2, 0.25) is 0 Å². The summed E-state index contributed by atoms with van der Waals surface area (Å²) in [5.74, 6) is 0.104. The summed E-state index contributed by atoms with van der Waals surface area (Å²) < 4.78 is 5.18. The Morgan fingerprint density at radius 2 is 2.10 bits per heavy atom. The summed E-state index contributed by atoms with van der Waals surface area (Å²) in [6, 6.07) is 12.1. The lowest BCUT2D eigenvalue weighted by molar-refractivity contribution is 0.102. The van der Waals surface area contributed by atoms with Gasteiger partial charge in [0.15, 0.2) is 0 Å². The molecule has 5 nitrogen and oxygen atoms in total. The van der Waals surface area contributed by atoms with Crippen LogP contribution >= 0.6 is 0 Å². The first-order valence-electron chi connectivity index (χ1n) is 6.31. The molecule has 3 N–H and O–H groups in total. The fourth-order valence-electron chi connectivity index (χ4n) is 1.93. The van der Waals surface area contributed by atoms with Gasteiger partial charge in [0.1, 0.15) is 5.75 Å². The Labute approximate surface area is 123 Å². The molecule has 1 amide bonds. The molecule has 0 atom stereocenters. The van der Waals surface area contributed by atoms with Crippen molar-refractivity contribution >= 4 is 17.3 Å². The minimum atomic E-state index is -0.320. The van der Waals surface area contributed by atoms with Gasteiger partial charge < -0.3 is 15.8 Å². The lowest BCUT2D eigenvalue weighted by atomic mass is 10.1. The maximum atomic E-state index is 12.3. The monoisotopic (exact) mass is 281 g/mol. The summed E-state index contributed by atoms with van der Waals surface area (Å²) in [6.07, 6.45) is 0. The first-order chi connectivity index (χ1) is 10.1. The average molecular weight is 281 g/mol. The highest BCUT2D eigenvalue weighted by molar-refractivity contribution is 6.08. The minimum absolute atomic E-state index is 0.320. The number of carbonyl (C=O) groups is 1. The number of hydrogen-bond acceptors (Lipinski definition) is 4. The van der Waals surface area contributed by atoms with Gasteiger partial charge in [0.25, 0.3) is 5.91 Å². The molecule has 0 fully saturated rings. The van der Waals surface area contributed by atoms with Crippen LogP contribution in [0.4, 0.5) is 11.4 Å². The third-order valence-electron chi connectivity index (χ3n) is 3.15. The van der Waals surface area contributed by atoms with Crippen molar-refractivity contribution in [1.29, 1.82) is 5.26 Å². The number of nitriles is 1. The lowest BCUT2D eigenvalue weighted by Gasteiger charge is -2.12. The SMILES string of the molecule is COc1cc(C#N)ccc1NC(=O)c1cccc(C)c1N.